The summed E-state index contributed by atoms with van der Waals surface area (Å²) in [7, 11) is 0. The molecule has 0 fully saturated rings. The molecule has 5 nitrogen and oxygen atoms in total. The summed E-state index contributed by atoms with van der Waals surface area (Å²) in [6.45, 7) is 0. The van der Waals surface area contributed by atoms with Crippen LogP contribution in [-0.4, -0.2) is 24.1 Å². The average Bonchev–Trinajstić information content (AvgIpc) is 3.86. The van der Waals surface area contributed by atoms with Crippen molar-refractivity contribution in [2.75, 3.05) is 0 Å². The Balaban J connectivity index is 1.17. The molecule has 7 aromatic carbocycles. The number of hydrogen-bond donors (Lipinski definition) is 0. The third-order valence-corrected chi connectivity index (χ3v) is 9.60. The van der Waals surface area contributed by atoms with E-state index in [-0.39, 0.29) is 0 Å². The van der Waals surface area contributed by atoms with E-state index in [4.69, 9.17) is 0 Å². The molecule has 10 aromatic rings. The zero-order valence-electron chi connectivity index (χ0n) is 26.5. The van der Waals surface area contributed by atoms with E-state index >= 15 is 0 Å². The van der Waals surface area contributed by atoms with Crippen LogP contribution >= 0.6 is 0 Å². The Morgan fingerprint density at radius 2 is 0.796 bits per heavy atom. The van der Waals surface area contributed by atoms with Crippen LogP contribution in [0.4, 0.5) is 0 Å². The quantitative estimate of drug-likeness (QED) is 0.190. The van der Waals surface area contributed by atoms with Crippen LogP contribution in [0, 0.1) is 0 Å². The SMILES string of the molecule is c1ccc(-c2nnn(-c3ccc(-n4c5ccccc5c5cc6c(cc54)c4ccccc4n6-c4ccccc4)cc3)c2-c2ccccc2)cc1. The largest absolute Gasteiger partial charge is 0.309 e. The van der Waals surface area contributed by atoms with Gasteiger partial charge in [-0.2, -0.15) is 0 Å². The lowest BCUT2D eigenvalue weighted by molar-refractivity contribution is 0.808. The molecule has 0 atom stereocenters. The summed E-state index contributed by atoms with van der Waals surface area (Å²) < 4.78 is 6.73. The Bertz CT molecular complexity index is 2790. The molecule has 0 bridgehead atoms. The molecular formula is C44H29N5. The fourth-order valence-electron chi connectivity index (χ4n) is 7.41. The Labute approximate surface area is 282 Å². The molecule has 49 heavy (non-hydrogen) atoms. The van der Waals surface area contributed by atoms with Crippen molar-refractivity contribution in [2.24, 2.45) is 0 Å². The number of nitrogens with zero attached hydrogens (tertiary/aromatic N) is 5. The summed E-state index contributed by atoms with van der Waals surface area (Å²) in [6, 6.07) is 62.1. The van der Waals surface area contributed by atoms with Gasteiger partial charge in [-0.25, -0.2) is 4.68 Å². The summed E-state index contributed by atoms with van der Waals surface area (Å²) in [5.41, 5.74) is 11.9. The van der Waals surface area contributed by atoms with Crippen LogP contribution in [-0.2, 0) is 0 Å². The van der Waals surface area contributed by atoms with Crippen LogP contribution in [0.25, 0.3) is 83.2 Å². The first-order chi connectivity index (χ1) is 24.3. The molecule has 5 heteroatoms. The summed E-state index contributed by atoms with van der Waals surface area (Å²) in [6.07, 6.45) is 0. The lowest BCUT2D eigenvalue weighted by atomic mass is 10.0. The topological polar surface area (TPSA) is 40.6 Å². The van der Waals surface area contributed by atoms with Crippen molar-refractivity contribution in [1.29, 1.82) is 0 Å². The van der Waals surface area contributed by atoms with Crippen LogP contribution in [0.3, 0.4) is 0 Å². The third-order valence-electron chi connectivity index (χ3n) is 9.60. The van der Waals surface area contributed by atoms with Crippen LogP contribution in [0.1, 0.15) is 0 Å². The van der Waals surface area contributed by atoms with Gasteiger partial charge >= 0.3 is 0 Å². The van der Waals surface area contributed by atoms with E-state index in [1.165, 1.54) is 43.6 Å². The van der Waals surface area contributed by atoms with Gasteiger partial charge in [-0.15, -0.1) is 5.10 Å². The molecule has 0 spiro atoms. The van der Waals surface area contributed by atoms with Gasteiger partial charge in [0.2, 0.25) is 0 Å². The van der Waals surface area contributed by atoms with E-state index in [9.17, 15) is 0 Å². The van der Waals surface area contributed by atoms with Crippen LogP contribution in [0.15, 0.2) is 176 Å². The molecule has 3 aromatic heterocycles. The second kappa shape index (κ2) is 10.9. The number of aromatic nitrogens is 5. The fourth-order valence-corrected chi connectivity index (χ4v) is 7.41. The van der Waals surface area contributed by atoms with E-state index in [1.807, 2.05) is 28.9 Å². The first-order valence-corrected chi connectivity index (χ1v) is 16.5. The molecule has 0 radical (unpaired) electrons. The molecule has 0 unspecified atom stereocenters. The number of benzene rings is 7. The van der Waals surface area contributed by atoms with E-state index in [0.29, 0.717) is 0 Å². The van der Waals surface area contributed by atoms with Gasteiger partial charge in [0.15, 0.2) is 0 Å². The molecule has 0 N–H and O–H groups in total. The predicted octanol–water partition coefficient (Wildman–Crippen LogP) is 10.8. The maximum Gasteiger partial charge on any atom is 0.121 e. The minimum atomic E-state index is 0.858. The van der Waals surface area contributed by atoms with Gasteiger partial charge < -0.3 is 9.13 Å². The van der Waals surface area contributed by atoms with E-state index in [2.05, 4.69) is 171 Å². The van der Waals surface area contributed by atoms with Gasteiger partial charge in [0.1, 0.15) is 11.4 Å². The smallest absolute Gasteiger partial charge is 0.121 e. The zero-order chi connectivity index (χ0) is 32.3. The van der Waals surface area contributed by atoms with Crippen molar-refractivity contribution in [2.45, 2.75) is 0 Å². The van der Waals surface area contributed by atoms with Gasteiger partial charge in [0, 0.05) is 44.0 Å². The van der Waals surface area contributed by atoms with Gasteiger partial charge in [-0.3, -0.25) is 0 Å². The van der Waals surface area contributed by atoms with Crippen molar-refractivity contribution in [3.63, 3.8) is 0 Å². The standard InChI is InChI=1S/C44H29N5/c1-4-14-30(15-5-1)43-44(31-16-6-2-7-17-31)49(46-45-43)34-26-24-33(25-27-34)48-40-23-13-11-21-36(40)38-28-41-37(29-42(38)48)35-20-10-12-22-39(35)47(41)32-18-8-3-9-19-32/h1-29H. The van der Waals surface area contributed by atoms with Gasteiger partial charge in [-0.1, -0.05) is 120 Å². The lowest BCUT2D eigenvalue weighted by Gasteiger charge is -2.12. The van der Waals surface area contributed by atoms with Gasteiger partial charge in [0.25, 0.3) is 0 Å². The van der Waals surface area contributed by atoms with Crippen molar-refractivity contribution in [3.8, 4) is 39.6 Å². The summed E-state index contributed by atoms with van der Waals surface area (Å²) >= 11 is 0. The van der Waals surface area contributed by atoms with Gasteiger partial charge in [-0.05, 0) is 60.7 Å². The molecule has 3 heterocycles. The Morgan fingerprint density at radius 3 is 1.37 bits per heavy atom. The average molecular weight is 628 g/mol. The predicted molar refractivity (Wildman–Crippen MR) is 201 cm³/mol. The van der Waals surface area contributed by atoms with Crippen molar-refractivity contribution < 1.29 is 0 Å². The minimum Gasteiger partial charge on any atom is -0.309 e. The summed E-state index contributed by atoms with van der Waals surface area (Å²) in [5.74, 6) is 0. The first kappa shape index (κ1) is 27.4. The molecule has 0 aliphatic rings. The summed E-state index contributed by atoms with van der Waals surface area (Å²) in [5, 5.41) is 14.3. The van der Waals surface area contributed by atoms with E-state index in [1.54, 1.807) is 0 Å². The Kier molecular flexibility index (Phi) is 6.11. The number of para-hydroxylation sites is 3. The fraction of sp³-hybridized carbons (Fsp3) is 0. The molecule has 0 aliphatic heterocycles. The molecular weight excluding hydrogens is 599 g/mol. The Hall–Kier alpha value is -6.72. The minimum absolute atomic E-state index is 0.858. The van der Waals surface area contributed by atoms with Crippen LogP contribution < -0.4 is 0 Å². The highest BCUT2D eigenvalue weighted by molar-refractivity contribution is 6.19. The Morgan fingerprint density at radius 1 is 0.347 bits per heavy atom. The van der Waals surface area contributed by atoms with Crippen molar-refractivity contribution in [1.82, 2.24) is 24.1 Å². The molecule has 0 amide bonds. The molecule has 10 rings (SSSR count). The van der Waals surface area contributed by atoms with E-state index in [0.717, 1.165) is 39.6 Å². The third kappa shape index (κ3) is 4.26. The van der Waals surface area contributed by atoms with E-state index < -0.39 is 0 Å². The summed E-state index contributed by atoms with van der Waals surface area (Å²) in [4.78, 5) is 0. The molecule has 0 aliphatic carbocycles. The highest BCUT2D eigenvalue weighted by Gasteiger charge is 2.20. The number of rotatable bonds is 5. The van der Waals surface area contributed by atoms with Crippen molar-refractivity contribution in [3.05, 3.63) is 176 Å². The van der Waals surface area contributed by atoms with Crippen LogP contribution in [0.5, 0.6) is 0 Å². The zero-order valence-corrected chi connectivity index (χ0v) is 26.5. The second-order valence-electron chi connectivity index (χ2n) is 12.4. The van der Waals surface area contributed by atoms with Crippen molar-refractivity contribution >= 4 is 43.6 Å². The first-order valence-electron chi connectivity index (χ1n) is 16.5. The normalized spacial score (nSPS) is 11.7. The maximum atomic E-state index is 4.68. The highest BCUT2D eigenvalue weighted by Crippen LogP contribution is 2.40. The number of hydrogen-bond acceptors (Lipinski definition) is 2. The monoisotopic (exact) mass is 627 g/mol. The maximum absolute atomic E-state index is 4.68. The molecule has 0 saturated heterocycles. The molecule has 0 saturated carbocycles. The molecule has 230 valence electrons. The number of fused-ring (bicyclic) bond motifs is 6. The second-order valence-corrected chi connectivity index (χ2v) is 12.4. The van der Waals surface area contributed by atoms with Gasteiger partial charge in [0.05, 0.1) is 27.8 Å². The highest BCUT2D eigenvalue weighted by atomic mass is 15.4. The lowest BCUT2D eigenvalue weighted by Crippen LogP contribution is -2.01. The van der Waals surface area contributed by atoms with Crippen LogP contribution in [0.2, 0.25) is 0 Å².